The molecule has 1 fully saturated rings. The van der Waals surface area contributed by atoms with Crippen molar-refractivity contribution < 1.29 is 9.18 Å². The minimum atomic E-state index is -0.413. The van der Waals surface area contributed by atoms with E-state index >= 15 is 0 Å². The number of hydrogen-bond acceptors (Lipinski definition) is 2. The molecule has 5 heteroatoms. The van der Waals surface area contributed by atoms with Crippen molar-refractivity contribution in [3.8, 4) is 0 Å². The molecular weight excluding hydrogens is 245 g/mol. The van der Waals surface area contributed by atoms with Gasteiger partial charge in [0.05, 0.1) is 5.69 Å². The number of para-hydroxylation sites is 1. The molecule has 1 atom stereocenters. The maximum absolute atomic E-state index is 13.4. The largest absolute Gasteiger partial charge is 0.327 e. The molecular formula is C14H20FN3O. The molecule has 1 heterocycles. The van der Waals surface area contributed by atoms with Gasteiger partial charge in [-0.05, 0) is 44.0 Å². The highest BCUT2D eigenvalue weighted by molar-refractivity contribution is 5.89. The van der Waals surface area contributed by atoms with Gasteiger partial charge >= 0.3 is 6.03 Å². The third-order valence-electron chi connectivity index (χ3n) is 3.39. The first-order chi connectivity index (χ1) is 9.16. The monoisotopic (exact) mass is 265 g/mol. The molecule has 19 heavy (non-hydrogen) atoms. The van der Waals surface area contributed by atoms with E-state index in [2.05, 4.69) is 10.6 Å². The highest BCUT2D eigenvalue weighted by atomic mass is 19.1. The van der Waals surface area contributed by atoms with E-state index in [1.54, 1.807) is 30.1 Å². The van der Waals surface area contributed by atoms with E-state index in [4.69, 9.17) is 0 Å². The van der Waals surface area contributed by atoms with Crippen LogP contribution in [0.4, 0.5) is 14.9 Å². The van der Waals surface area contributed by atoms with Gasteiger partial charge in [0.2, 0.25) is 0 Å². The zero-order valence-electron chi connectivity index (χ0n) is 11.2. The Hall–Kier alpha value is -1.62. The van der Waals surface area contributed by atoms with Gasteiger partial charge in [-0.3, -0.25) is 0 Å². The minimum Gasteiger partial charge on any atom is -0.327 e. The lowest BCUT2D eigenvalue weighted by atomic mass is 9.99. The number of nitrogens with one attached hydrogen (secondary N) is 2. The average Bonchev–Trinajstić information content (AvgIpc) is 2.42. The summed E-state index contributed by atoms with van der Waals surface area (Å²) < 4.78 is 13.4. The van der Waals surface area contributed by atoms with Crippen LogP contribution in [0.5, 0.6) is 0 Å². The van der Waals surface area contributed by atoms with Gasteiger partial charge in [0.1, 0.15) is 5.82 Å². The Morgan fingerprint density at radius 1 is 1.53 bits per heavy atom. The topological polar surface area (TPSA) is 44.4 Å². The number of urea groups is 1. The lowest BCUT2D eigenvalue weighted by Gasteiger charge is -2.27. The fourth-order valence-corrected chi connectivity index (χ4v) is 2.32. The summed E-state index contributed by atoms with van der Waals surface area (Å²) in [4.78, 5) is 13.6. The van der Waals surface area contributed by atoms with E-state index in [0.29, 0.717) is 12.5 Å². The SMILES string of the molecule is CN(CC1CCCNC1)C(=O)Nc1ccccc1F. The van der Waals surface area contributed by atoms with Gasteiger partial charge in [0.25, 0.3) is 0 Å². The van der Waals surface area contributed by atoms with E-state index in [9.17, 15) is 9.18 Å². The fourth-order valence-electron chi connectivity index (χ4n) is 2.32. The number of amides is 2. The van der Waals surface area contributed by atoms with Crippen LogP contribution in [0.3, 0.4) is 0 Å². The molecule has 0 radical (unpaired) electrons. The molecule has 1 unspecified atom stereocenters. The zero-order chi connectivity index (χ0) is 13.7. The number of carbonyl (C=O) groups is 1. The van der Waals surface area contributed by atoms with Crippen molar-refractivity contribution in [1.29, 1.82) is 0 Å². The van der Waals surface area contributed by atoms with Gasteiger partial charge < -0.3 is 15.5 Å². The van der Waals surface area contributed by atoms with Crippen LogP contribution < -0.4 is 10.6 Å². The molecule has 2 rings (SSSR count). The summed E-state index contributed by atoms with van der Waals surface area (Å²) in [5, 5.41) is 5.91. The predicted molar refractivity (Wildman–Crippen MR) is 73.6 cm³/mol. The molecule has 1 aliphatic rings. The van der Waals surface area contributed by atoms with Gasteiger partial charge in [0, 0.05) is 13.6 Å². The van der Waals surface area contributed by atoms with Crippen LogP contribution in [-0.2, 0) is 0 Å². The van der Waals surface area contributed by atoms with Crippen LogP contribution >= 0.6 is 0 Å². The quantitative estimate of drug-likeness (QED) is 0.880. The molecule has 2 N–H and O–H groups in total. The second kappa shape index (κ2) is 6.52. The zero-order valence-corrected chi connectivity index (χ0v) is 11.2. The number of nitrogens with zero attached hydrogens (tertiary/aromatic N) is 1. The van der Waals surface area contributed by atoms with E-state index in [0.717, 1.165) is 25.9 Å². The van der Waals surface area contributed by atoms with Gasteiger partial charge in [-0.15, -0.1) is 0 Å². The van der Waals surface area contributed by atoms with Crippen LogP contribution in [0.2, 0.25) is 0 Å². The number of carbonyl (C=O) groups excluding carboxylic acids is 1. The number of piperidine rings is 1. The van der Waals surface area contributed by atoms with Crippen LogP contribution in [0.15, 0.2) is 24.3 Å². The minimum absolute atomic E-state index is 0.223. The number of halogens is 1. The third-order valence-corrected chi connectivity index (χ3v) is 3.39. The summed E-state index contributed by atoms with van der Waals surface area (Å²) in [6, 6.07) is 5.92. The summed E-state index contributed by atoms with van der Waals surface area (Å²) >= 11 is 0. The number of benzene rings is 1. The Morgan fingerprint density at radius 3 is 3.00 bits per heavy atom. The maximum atomic E-state index is 13.4. The van der Waals surface area contributed by atoms with Crippen LogP contribution in [0.25, 0.3) is 0 Å². The van der Waals surface area contributed by atoms with E-state index in [1.165, 1.54) is 6.07 Å². The molecule has 0 aromatic heterocycles. The van der Waals surface area contributed by atoms with Crippen molar-refractivity contribution in [2.45, 2.75) is 12.8 Å². The molecule has 0 aliphatic carbocycles. The molecule has 0 spiro atoms. The van der Waals surface area contributed by atoms with E-state index < -0.39 is 5.82 Å². The highest BCUT2D eigenvalue weighted by Gasteiger charge is 2.18. The van der Waals surface area contributed by atoms with Crippen molar-refractivity contribution in [3.63, 3.8) is 0 Å². The Kier molecular flexibility index (Phi) is 4.74. The van der Waals surface area contributed by atoms with Gasteiger partial charge in [0.15, 0.2) is 0 Å². The van der Waals surface area contributed by atoms with Crippen LogP contribution in [-0.4, -0.2) is 37.6 Å². The lowest BCUT2D eigenvalue weighted by molar-refractivity contribution is 0.207. The molecule has 1 aliphatic heterocycles. The standard InChI is InChI=1S/C14H20FN3O/c1-18(10-11-5-4-8-16-9-11)14(19)17-13-7-3-2-6-12(13)15/h2-3,6-7,11,16H,4-5,8-10H2,1H3,(H,17,19). The van der Waals surface area contributed by atoms with Crippen LogP contribution in [0, 0.1) is 11.7 Å². The molecule has 0 saturated carbocycles. The van der Waals surface area contributed by atoms with Crippen LogP contribution in [0.1, 0.15) is 12.8 Å². The highest BCUT2D eigenvalue weighted by Crippen LogP contribution is 2.14. The Morgan fingerprint density at radius 2 is 2.32 bits per heavy atom. The normalized spacial score (nSPS) is 18.9. The first kappa shape index (κ1) is 13.8. The first-order valence-corrected chi connectivity index (χ1v) is 6.64. The average molecular weight is 265 g/mol. The summed E-state index contributed by atoms with van der Waals surface area (Å²) in [5.41, 5.74) is 0.223. The molecule has 1 saturated heterocycles. The smallest absolute Gasteiger partial charge is 0.321 e. The second-order valence-electron chi connectivity index (χ2n) is 5.00. The molecule has 4 nitrogen and oxygen atoms in total. The Labute approximate surface area is 113 Å². The number of hydrogen-bond donors (Lipinski definition) is 2. The van der Waals surface area contributed by atoms with Crippen molar-refractivity contribution >= 4 is 11.7 Å². The molecule has 1 aromatic rings. The maximum Gasteiger partial charge on any atom is 0.321 e. The van der Waals surface area contributed by atoms with Crippen molar-refractivity contribution in [2.75, 3.05) is 32.0 Å². The van der Waals surface area contributed by atoms with Crippen molar-refractivity contribution in [1.82, 2.24) is 10.2 Å². The fraction of sp³-hybridized carbons (Fsp3) is 0.500. The number of anilines is 1. The summed E-state index contributed by atoms with van der Waals surface area (Å²) in [7, 11) is 1.74. The Bertz CT molecular complexity index is 432. The van der Waals surface area contributed by atoms with Gasteiger partial charge in [-0.25, -0.2) is 9.18 Å². The van der Waals surface area contributed by atoms with E-state index in [1.807, 2.05) is 0 Å². The third kappa shape index (κ3) is 3.92. The van der Waals surface area contributed by atoms with Gasteiger partial charge in [-0.2, -0.15) is 0 Å². The molecule has 1 aromatic carbocycles. The second-order valence-corrected chi connectivity index (χ2v) is 5.00. The van der Waals surface area contributed by atoms with Crippen molar-refractivity contribution in [3.05, 3.63) is 30.1 Å². The van der Waals surface area contributed by atoms with Crippen molar-refractivity contribution in [2.24, 2.45) is 5.92 Å². The summed E-state index contributed by atoms with van der Waals surface area (Å²) in [6.07, 6.45) is 2.28. The predicted octanol–water partition coefficient (Wildman–Crippen LogP) is 2.29. The van der Waals surface area contributed by atoms with E-state index in [-0.39, 0.29) is 11.7 Å². The summed E-state index contributed by atoms with van der Waals surface area (Å²) in [6.45, 7) is 2.69. The summed E-state index contributed by atoms with van der Waals surface area (Å²) in [5.74, 6) is 0.0636. The number of rotatable bonds is 3. The van der Waals surface area contributed by atoms with Gasteiger partial charge in [-0.1, -0.05) is 12.1 Å². The molecule has 2 amide bonds. The first-order valence-electron chi connectivity index (χ1n) is 6.64. The lowest BCUT2D eigenvalue weighted by Crippen LogP contribution is -2.40. The molecule has 0 bridgehead atoms. The Balaban J connectivity index is 1.87. The molecule has 104 valence electrons.